The van der Waals surface area contributed by atoms with Crippen LogP contribution in [0.3, 0.4) is 0 Å². The quantitative estimate of drug-likeness (QED) is 0.803. The van der Waals surface area contributed by atoms with Crippen LogP contribution >= 0.6 is 0 Å². The molecule has 8 heteroatoms. The highest BCUT2D eigenvalue weighted by atomic mass is 16.3. The first-order valence-corrected chi connectivity index (χ1v) is 6.15. The highest BCUT2D eigenvalue weighted by molar-refractivity contribution is 5.37. The Hall–Kier alpha value is -1.96. The molecular formula is C11H19N7O. The molecule has 2 N–H and O–H groups in total. The van der Waals surface area contributed by atoms with Crippen LogP contribution in [0.5, 0.6) is 0 Å². The number of anilines is 1. The van der Waals surface area contributed by atoms with Gasteiger partial charge in [0.25, 0.3) is 0 Å². The summed E-state index contributed by atoms with van der Waals surface area (Å²) in [5.41, 5.74) is 0.692. The third-order valence-electron chi connectivity index (χ3n) is 2.47. The van der Waals surface area contributed by atoms with E-state index in [1.54, 1.807) is 15.7 Å². The lowest BCUT2D eigenvalue weighted by atomic mass is 10.1. The van der Waals surface area contributed by atoms with E-state index in [4.69, 9.17) is 5.11 Å². The largest absolute Gasteiger partial charge is 0.394 e. The molecule has 0 atom stereocenters. The molecule has 0 amide bonds. The summed E-state index contributed by atoms with van der Waals surface area (Å²) < 4.78 is 1.67. The minimum Gasteiger partial charge on any atom is -0.394 e. The Bertz CT molecular complexity index is 525. The van der Waals surface area contributed by atoms with Gasteiger partial charge in [-0.15, -0.1) is 10.2 Å². The average molecular weight is 265 g/mol. The highest BCUT2D eigenvalue weighted by Gasteiger charge is 2.16. The molecule has 0 aromatic carbocycles. The maximum absolute atomic E-state index is 8.80. The number of aromatic nitrogens is 6. The number of hydrogen-bond acceptors (Lipinski definition) is 6. The molecule has 0 unspecified atom stereocenters. The van der Waals surface area contributed by atoms with Crippen molar-refractivity contribution in [2.24, 2.45) is 0 Å². The molecule has 2 heterocycles. The Morgan fingerprint density at radius 1 is 1.37 bits per heavy atom. The van der Waals surface area contributed by atoms with Crippen LogP contribution in [0.1, 0.15) is 26.6 Å². The SMILES string of the molecule is CC(C)(C)n1nnc(CNc2cnn(CCO)c2)n1. The summed E-state index contributed by atoms with van der Waals surface area (Å²) in [7, 11) is 0. The Morgan fingerprint density at radius 2 is 2.16 bits per heavy atom. The molecule has 0 bridgehead atoms. The van der Waals surface area contributed by atoms with E-state index in [1.807, 2.05) is 27.0 Å². The van der Waals surface area contributed by atoms with Gasteiger partial charge in [0.2, 0.25) is 0 Å². The fourth-order valence-corrected chi connectivity index (χ4v) is 1.46. The maximum Gasteiger partial charge on any atom is 0.193 e. The van der Waals surface area contributed by atoms with E-state index in [-0.39, 0.29) is 12.1 Å². The van der Waals surface area contributed by atoms with Crippen molar-refractivity contribution >= 4 is 5.69 Å². The second-order valence-corrected chi connectivity index (χ2v) is 5.24. The summed E-state index contributed by atoms with van der Waals surface area (Å²) in [6.07, 6.45) is 3.52. The van der Waals surface area contributed by atoms with Crippen LogP contribution in [-0.2, 0) is 18.6 Å². The molecule has 2 aromatic heterocycles. The van der Waals surface area contributed by atoms with Crippen molar-refractivity contribution in [3.63, 3.8) is 0 Å². The zero-order valence-corrected chi connectivity index (χ0v) is 11.4. The molecule has 2 aromatic rings. The number of nitrogens with one attached hydrogen (secondary N) is 1. The summed E-state index contributed by atoms with van der Waals surface area (Å²) in [6, 6.07) is 0. The topological polar surface area (TPSA) is 93.7 Å². The normalized spacial score (nSPS) is 11.8. The van der Waals surface area contributed by atoms with Gasteiger partial charge in [0.15, 0.2) is 5.82 Å². The van der Waals surface area contributed by atoms with Crippen LogP contribution in [0.4, 0.5) is 5.69 Å². The van der Waals surface area contributed by atoms with Crippen LogP contribution in [0.25, 0.3) is 0 Å². The van der Waals surface area contributed by atoms with E-state index in [1.165, 1.54) is 0 Å². The monoisotopic (exact) mass is 265 g/mol. The smallest absolute Gasteiger partial charge is 0.193 e. The molecule has 19 heavy (non-hydrogen) atoms. The van der Waals surface area contributed by atoms with Crippen molar-refractivity contribution in [1.29, 1.82) is 0 Å². The standard InChI is InChI=1S/C11H19N7O/c1-11(2,3)18-15-10(14-16-18)7-12-9-6-13-17(8-9)4-5-19/h6,8,12,19H,4-5,7H2,1-3H3. The van der Waals surface area contributed by atoms with Gasteiger partial charge in [0.1, 0.15) is 0 Å². The molecule has 0 aliphatic heterocycles. The average Bonchev–Trinajstić information content (AvgIpc) is 2.94. The maximum atomic E-state index is 8.80. The Kier molecular flexibility index (Phi) is 3.79. The van der Waals surface area contributed by atoms with Crippen LogP contribution < -0.4 is 5.32 Å². The first-order chi connectivity index (χ1) is 8.99. The van der Waals surface area contributed by atoms with Crippen molar-refractivity contribution in [1.82, 2.24) is 30.0 Å². The van der Waals surface area contributed by atoms with Gasteiger partial charge in [-0.3, -0.25) is 4.68 Å². The van der Waals surface area contributed by atoms with Crippen molar-refractivity contribution in [2.45, 2.75) is 39.4 Å². The highest BCUT2D eigenvalue weighted by Crippen LogP contribution is 2.10. The van der Waals surface area contributed by atoms with Crippen LogP contribution in [0.2, 0.25) is 0 Å². The molecule has 0 aliphatic rings. The molecule has 0 fully saturated rings. The molecule has 0 saturated heterocycles. The van der Waals surface area contributed by atoms with E-state index >= 15 is 0 Å². The minimum absolute atomic E-state index is 0.0720. The van der Waals surface area contributed by atoms with Gasteiger partial charge in [-0.25, -0.2) is 0 Å². The van der Waals surface area contributed by atoms with Gasteiger partial charge in [-0.1, -0.05) is 0 Å². The van der Waals surface area contributed by atoms with Gasteiger partial charge in [0.05, 0.1) is 37.1 Å². The molecule has 0 aliphatic carbocycles. The zero-order chi connectivity index (χ0) is 13.9. The minimum atomic E-state index is -0.169. The van der Waals surface area contributed by atoms with Crippen molar-refractivity contribution < 1.29 is 5.11 Å². The second-order valence-electron chi connectivity index (χ2n) is 5.24. The third-order valence-corrected chi connectivity index (χ3v) is 2.47. The summed E-state index contributed by atoms with van der Waals surface area (Å²) in [4.78, 5) is 1.60. The molecule has 0 radical (unpaired) electrons. The molecule has 2 rings (SSSR count). The Morgan fingerprint density at radius 3 is 2.79 bits per heavy atom. The van der Waals surface area contributed by atoms with Crippen molar-refractivity contribution in [3.8, 4) is 0 Å². The number of hydrogen-bond donors (Lipinski definition) is 2. The lowest BCUT2D eigenvalue weighted by Gasteiger charge is -2.15. The predicted octanol–water partition coefficient (Wildman–Crippen LogP) is 0.229. The van der Waals surface area contributed by atoms with Crippen molar-refractivity contribution in [3.05, 3.63) is 18.2 Å². The summed E-state index contributed by atoms with van der Waals surface area (Å²) in [5.74, 6) is 0.629. The second kappa shape index (κ2) is 5.35. The van der Waals surface area contributed by atoms with Gasteiger partial charge in [-0.05, 0) is 26.0 Å². The third kappa shape index (κ3) is 3.50. The molecule has 0 spiro atoms. The molecule has 104 valence electrons. The Labute approximate surface area is 111 Å². The first kappa shape index (κ1) is 13.5. The lowest BCUT2D eigenvalue weighted by Crippen LogP contribution is -2.24. The van der Waals surface area contributed by atoms with Crippen molar-refractivity contribution in [2.75, 3.05) is 11.9 Å². The first-order valence-electron chi connectivity index (χ1n) is 6.15. The Balaban J connectivity index is 1.93. The van der Waals surface area contributed by atoms with E-state index in [0.29, 0.717) is 18.9 Å². The number of nitrogens with zero attached hydrogens (tertiary/aromatic N) is 6. The zero-order valence-electron chi connectivity index (χ0n) is 11.4. The summed E-state index contributed by atoms with van der Waals surface area (Å²) in [6.45, 7) is 7.10. The number of aliphatic hydroxyl groups is 1. The van der Waals surface area contributed by atoms with Gasteiger partial charge in [-0.2, -0.15) is 9.90 Å². The molecule has 0 saturated carbocycles. The lowest BCUT2D eigenvalue weighted by molar-refractivity contribution is 0.269. The van der Waals surface area contributed by atoms with E-state index in [0.717, 1.165) is 5.69 Å². The van der Waals surface area contributed by atoms with Gasteiger partial charge >= 0.3 is 0 Å². The molecular weight excluding hydrogens is 246 g/mol. The van der Waals surface area contributed by atoms with Crippen LogP contribution in [-0.4, -0.2) is 41.7 Å². The van der Waals surface area contributed by atoms with Gasteiger partial charge < -0.3 is 10.4 Å². The van der Waals surface area contributed by atoms with E-state index < -0.39 is 0 Å². The predicted molar refractivity (Wildman–Crippen MR) is 69.5 cm³/mol. The molecule has 8 nitrogen and oxygen atoms in total. The fourth-order valence-electron chi connectivity index (χ4n) is 1.46. The van der Waals surface area contributed by atoms with Gasteiger partial charge in [0, 0.05) is 6.20 Å². The van der Waals surface area contributed by atoms with Crippen LogP contribution in [0.15, 0.2) is 12.4 Å². The van der Waals surface area contributed by atoms with E-state index in [9.17, 15) is 0 Å². The number of aliphatic hydroxyl groups excluding tert-OH is 1. The number of tetrazole rings is 1. The summed E-state index contributed by atoms with van der Waals surface area (Å²) >= 11 is 0. The fraction of sp³-hybridized carbons (Fsp3) is 0.636. The summed E-state index contributed by atoms with van der Waals surface area (Å²) in [5, 5.41) is 28.4. The van der Waals surface area contributed by atoms with Crippen LogP contribution in [0, 0.1) is 0 Å². The van der Waals surface area contributed by atoms with E-state index in [2.05, 4.69) is 25.8 Å². The number of rotatable bonds is 5.